The van der Waals surface area contributed by atoms with Crippen molar-refractivity contribution in [3.8, 4) is 0 Å². The molecule has 2 N–H and O–H groups in total. The van der Waals surface area contributed by atoms with Gasteiger partial charge in [-0.2, -0.15) is 5.10 Å². The molecule has 0 aliphatic carbocycles. The second-order valence-electron chi connectivity index (χ2n) is 6.98. The molecule has 2 heterocycles. The van der Waals surface area contributed by atoms with E-state index in [1.165, 1.54) is 16.3 Å². The van der Waals surface area contributed by atoms with Crippen molar-refractivity contribution in [3.05, 3.63) is 58.5 Å². The van der Waals surface area contributed by atoms with Gasteiger partial charge in [0, 0.05) is 32.2 Å². The van der Waals surface area contributed by atoms with Crippen LogP contribution in [0.25, 0.3) is 0 Å². The van der Waals surface area contributed by atoms with Crippen LogP contribution in [0, 0.1) is 0 Å². The first-order valence-electron chi connectivity index (χ1n) is 9.44. The van der Waals surface area contributed by atoms with Crippen LogP contribution >= 0.6 is 0 Å². The molecule has 0 spiro atoms. The van der Waals surface area contributed by atoms with Gasteiger partial charge >= 0.3 is 0 Å². The minimum absolute atomic E-state index is 0.0522. The zero-order valence-corrected chi connectivity index (χ0v) is 15.7. The summed E-state index contributed by atoms with van der Waals surface area (Å²) in [5.74, 6) is -0.177. The van der Waals surface area contributed by atoms with Crippen LogP contribution in [0.15, 0.2) is 47.4 Å². The van der Waals surface area contributed by atoms with E-state index in [-0.39, 0.29) is 24.1 Å². The molecule has 2 aromatic rings. The number of likely N-dealkylation sites (N-methyl/N-ethyl adjacent to an activating group) is 1. The third-order valence-corrected chi connectivity index (χ3v) is 4.83. The van der Waals surface area contributed by atoms with Gasteiger partial charge in [-0.3, -0.25) is 9.59 Å². The summed E-state index contributed by atoms with van der Waals surface area (Å²) in [6, 6.07) is 11.9. The van der Waals surface area contributed by atoms with Crippen molar-refractivity contribution in [2.45, 2.75) is 31.8 Å². The van der Waals surface area contributed by atoms with Crippen molar-refractivity contribution in [1.29, 1.82) is 0 Å². The zero-order valence-electron chi connectivity index (χ0n) is 15.7. The molecule has 1 atom stereocenters. The van der Waals surface area contributed by atoms with Crippen molar-refractivity contribution < 1.29 is 4.79 Å². The van der Waals surface area contributed by atoms with Crippen LogP contribution in [0.5, 0.6) is 0 Å². The summed E-state index contributed by atoms with van der Waals surface area (Å²) < 4.78 is 1.21. The summed E-state index contributed by atoms with van der Waals surface area (Å²) in [6.45, 7) is 2.50. The summed E-state index contributed by atoms with van der Waals surface area (Å²) in [7, 11) is 1.94. The van der Waals surface area contributed by atoms with E-state index in [1.807, 2.05) is 30.1 Å². The van der Waals surface area contributed by atoms with Crippen LogP contribution in [-0.4, -0.2) is 48.4 Å². The number of carbonyl (C=O) groups is 1. The maximum atomic E-state index is 12.3. The predicted molar refractivity (Wildman–Crippen MR) is 106 cm³/mol. The van der Waals surface area contributed by atoms with Gasteiger partial charge in [0.15, 0.2) is 0 Å². The number of aromatic nitrogens is 2. The molecule has 0 radical (unpaired) electrons. The number of nitrogens with one attached hydrogen (secondary N) is 2. The summed E-state index contributed by atoms with van der Waals surface area (Å²) >= 11 is 0. The van der Waals surface area contributed by atoms with Gasteiger partial charge in [-0.15, -0.1) is 0 Å². The maximum Gasteiger partial charge on any atom is 0.269 e. The summed E-state index contributed by atoms with van der Waals surface area (Å²) in [4.78, 5) is 26.5. The number of amides is 1. The number of benzene rings is 1. The Morgan fingerprint density at radius 1 is 1.37 bits per heavy atom. The lowest BCUT2D eigenvalue weighted by molar-refractivity contribution is -0.122. The molecule has 1 amide bonds. The van der Waals surface area contributed by atoms with E-state index < -0.39 is 0 Å². The Kier molecular flexibility index (Phi) is 6.59. The fraction of sp³-hybridized carbons (Fsp3) is 0.450. The quantitative estimate of drug-likeness (QED) is 0.754. The molecule has 1 aliphatic heterocycles. The van der Waals surface area contributed by atoms with Gasteiger partial charge in [0.25, 0.3) is 5.56 Å². The third-order valence-electron chi connectivity index (χ3n) is 4.83. The fourth-order valence-electron chi connectivity index (χ4n) is 3.21. The van der Waals surface area contributed by atoms with Crippen molar-refractivity contribution >= 4 is 11.6 Å². The maximum absolute atomic E-state index is 12.3. The number of hydrogen-bond acceptors (Lipinski definition) is 5. The molecular formula is C20H27N5O2. The van der Waals surface area contributed by atoms with Gasteiger partial charge in [-0.1, -0.05) is 30.3 Å². The van der Waals surface area contributed by atoms with Gasteiger partial charge in [-0.25, -0.2) is 4.68 Å². The monoisotopic (exact) mass is 369 g/mol. The van der Waals surface area contributed by atoms with Gasteiger partial charge in [0.1, 0.15) is 6.54 Å². The molecule has 144 valence electrons. The summed E-state index contributed by atoms with van der Waals surface area (Å²) in [6.07, 6.45) is 4.54. The van der Waals surface area contributed by atoms with Crippen LogP contribution in [-0.2, 0) is 17.8 Å². The topological polar surface area (TPSA) is 79.3 Å². The van der Waals surface area contributed by atoms with Crippen LogP contribution in [0.4, 0.5) is 5.69 Å². The van der Waals surface area contributed by atoms with E-state index in [9.17, 15) is 9.59 Å². The van der Waals surface area contributed by atoms with Crippen LogP contribution in [0.2, 0.25) is 0 Å². The number of hydrogen-bond donors (Lipinski definition) is 2. The average molecular weight is 369 g/mol. The highest BCUT2D eigenvalue weighted by atomic mass is 16.2. The number of rotatable bonds is 7. The first kappa shape index (κ1) is 19.1. The number of anilines is 1. The van der Waals surface area contributed by atoms with Gasteiger partial charge in [-0.05, 0) is 31.4 Å². The van der Waals surface area contributed by atoms with E-state index in [1.54, 1.807) is 6.20 Å². The fourth-order valence-corrected chi connectivity index (χ4v) is 3.21. The van der Waals surface area contributed by atoms with E-state index >= 15 is 0 Å². The molecule has 0 unspecified atom stereocenters. The highest BCUT2D eigenvalue weighted by Crippen LogP contribution is 2.09. The molecular weight excluding hydrogens is 342 g/mol. The van der Waals surface area contributed by atoms with Gasteiger partial charge < -0.3 is 15.5 Å². The largest absolute Gasteiger partial charge is 0.373 e. The average Bonchev–Trinajstić information content (AvgIpc) is 2.69. The Labute approximate surface area is 159 Å². The zero-order chi connectivity index (χ0) is 19.1. The molecule has 7 heteroatoms. The molecule has 27 heavy (non-hydrogen) atoms. The lowest BCUT2D eigenvalue weighted by Gasteiger charge is -2.23. The smallest absolute Gasteiger partial charge is 0.269 e. The molecule has 1 aromatic heterocycles. The van der Waals surface area contributed by atoms with Gasteiger partial charge in [0.2, 0.25) is 5.91 Å². The van der Waals surface area contributed by atoms with Crippen molar-refractivity contribution in [2.24, 2.45) is 0 Å². The Morgan fingerprint density at radius 3 is 2.89 bits per heavy atom. The molecule has 1 saturated heterocycles. The predicted octanol–water partition coefficient (Wildman–Crippen LogP) is 0.790. The number of piperidine rings is 1. The number of carbonyl (C=O) groups excluding carboxylic acids is 1. The highest BCUT2D eigenvalue weighted by molar-refractivity contribution is 5.76. The molecule has 0 saturated carbocycles. The summed E-state index contributed by atoms with van der Waals surface area (Å²) in [5, 5.41) is 10.4. The van der Waals surface area contributed by atoms with Crippen molar-refractivity contribution in [3.63, 3.8) is 0 Å². The second-order valence-corrected chi connectivity index (χ2v) is 6.98. The van der Waals surface area contributed by atoms with Crippen LogP contribution in [0.1, 0.15) is 18.4 Å². The minimum atomic E-state index is -0.268. The van der Waals surface area contributed by atoms with Crippen molar-refractivity contribution in [2.75, 3.05) is 31.6 Å². The Hall–Kier alpha value is -2.67. The Morgan fingerprint density at radius 2 is 2.19 bits per heavy atom. The van der Waals surface area contributed by atoms with E-state index in [2.05, 4.69) is 27.9 Å². The first-order valence-corrected chi connectivity index (χ1v) is 9.44. The lowest BCUT2D eigenvalue weighted by atomic mass is 10.1. The standard InChI is InChI=1S/C20H27N5O2/c1-24(11-9-16-6-3-2-4-7-16)18-12-20(27)25(22-14-18)15-19(26)23-17-8-5-10-21-13-17/h2-4,6-7,12,14,17,21H,5,8-11,13,15H2,1H3,(H,23,26)/t17-/m1/s1. The number of nitrogens with zero attached hydrogens (tertiary/aromatic N) is 3. The highest BCUT2D eigenvalue weighted by Gasteiger charge is 2.16. The van der Waals surface area contributed by atoms with Crippen LogP contribution in [0.3, 0.4) is 0 Å². The third kappa shape index (κ3) is 5.65. The van der Waals surface area contributed by atoms with E-state index in [4.69, 9.17) is 0 Å². The molecule has 0 bridgehead atoms. The Bertz CT molecular complexity index is 800. The molecule has 1 fully saturated rings. The first-order chi connectivity index (χ1) is 13.1. The van der Waals surface area contributed by atoms with Gasteiger partial charge in [0.05, 0.1) is 11.9 Å². The lowest BCUT2D eigenvalue weighted by Crippen LogP contribution is -2.47. The summed E-state index contributed by atoms with van der Waals surface area (Å²) in [5.41, 5.74) is 1.74. The van der Waals surface area contributed by atoms with E-state index in [0.29, 0.717) is 0 Å². The molecule has 3 rings (SSSR count). The molecule has 1 aromatic carbocycles. The van der Waals surface area contributed by atoms with E-state index in [0.717, 1.165) is 44.6 Å². The SMILES string of the molecule is CN(CCc1ccccc1)c1cnn(CC(=O)N[C@@H]2CCCNC2)c(=O)c1. The minimum Gasteiger partial charge on any atom is -0.373 e. The normalized spacial score (nSPS) is 16.7. The molecule has 1 aliphatic rings. The Balaban J connectivity index is 1.54. The molecule has 7 nitrogen and oxygen atoms in total. The van der Waals surface area contributed by atoms with Crippen LogP contribution < -0.4 is 21.1 Å². The van der Waals surface area contributed by atoms with Crippen molar-refractivity contribution in [1.82, 2.24) is 20.4 Å². The second kappa shape index (κ2) is 9.32.